The summed E-state index contributed by atoms with van der Waals surface area (Å²) in [6, 6.07) is 35.7. The normalized spacial score (nSPS) is 13.4. The molecule has 0 atom stereocenters. The van der Waals surface area contributed by atoms with Gasteiger partial charge in [0, 0.05) is 60.3 Å². The topological polar surface area (TPSA) is 123 Å². The van der Waals surface area contributed by atoms with Gasteiger partial charge in [-0.1, -0.05) is 72.3 Å². The van der Waals surface area contributed by atoms with Gasteiger partial charge in [-0.2, -0.15) is 0 Å². The molecule has 12 heteroatoms. The highest BCUT2D eigenvalue weighted by atomic mass is 35.5. The minimum Gasteiger partial charge on any atom is -0.493 e. The highest BCUT2D eigenvalue weighted by Gasteiger charge is 2.26. The molecule has 0 unspecified atom stereocenters. The number of sulfonamides is 1. The molecule has 2 aromatic heterocycles. The summed E-state index contributed by atoms with van der Waals surface area (Å²) in [7, 11) is -3.88. The number of hydrogen-bond donors (Lipinski definition) is 2. The summed E-state index contributed by atoms with van der Waals surface area (Å²) in [4.78, 5) is 18.0. The Morgan fingerprint density at radius 2 is 1.57 bits per heavy atom. The van der Waals surface area contributed by atoms with Crippen molar-refractivity contribution in [3.05, 3.63) is 154 Å². The first-order chi connectivity index (χ1) is 25.8. The second-order valence-corrected chi connectivity index (χ2v) is 14.9. The van der Waals surface area contributed by atoms with Crippen molar-refractivity contribution >= 4 is 44.3 Å². The Bertz CT molecular complexity index is 2240. The summed E-state index contributed by atoms with van der Waals surface area (Å²) in [6.07, 6.45) is 2.25. The van der Waals surface area contributed by atoms with E-state index in [0.717, 1.165) is 33.3 Å². The minimum atomic E-state index is -3.88. The van der Waals surface area contributed by atoms with E-state index in [0.29, 0.717) is 62.3 Å². The molecule has 0 radical (unpaired) electrons. The van der Waals surface area contributed by atoms with Crippen molar-refractivity contribution in [3.8, 4) is 5.75 Å². The Balaban J connectivity index is 1.24. The van der Waals surface area contributed by atoms with E-state index in [1.807, 2.05) is 54.6 Å². The van der Waals surface area contributed by atoms with Crippen LogP contribution in [0.5, 0.6) is 5.75 Å². The van der Waals surface area contributed by atoms with Crippen LogP contribution in [-0.4, -0.2) is 68.5 Å². The zero-order valence-electron chi connectivity index (χ0n) is 28.9. The molecule has 6 aromatic rings. The van der Waals surface area contributed by atoms with Gasteiger partial charge in [0.2, 0.25) is 10.0 Å². The summed E-state index contributed by atoms with van der Waals surface area (Å²) in [5.74, 6) is 0.257. The summed E-state index contributed by atoms with van der Waals surface area (Å²) in [5.41, 5.74) is 5.19. The van der Waals surface area contributed by atoms with E-state index in [4.69, 9.17) is 21.1 Å². The van der Waals surface area contributed by atoms with Crippen LogP contribution in [0.2, 0.25) is 5.02 Å². The van der Waals surface area contributed by atoms with Crippen LogP contribution in [0.15, 0.2) is 126 Å². The molecule has 1 fully saturated rings. The quantitative estimate of drug-likeness (QED) is 0.122. The summed E-state index contributed by atoms with van der Waals surface area (Å²) >= 11 is 6.63. The molecule has 3 heterocycles. The maximum Gasteiger partial charge on any atom is 0.335 e. The first-order valence-corrected chi connectivity index (χ1v) is 19.3. The van der Waals surface area contributed by atoms with E-state index in [-0.39, 0.29) is 23.0 Å². The van der Waals surface area contributed by atoms with Gasteiger partial charge in [-0.05, 0) is 71.3 Å². The summed E-state index contributed by atoms with van der Waals surface area (Å²) in [6.45, 7) is 3.03. The average molecular weight is 751 g/mol. The molecule has 1 saturated heterocycles. The number of aromatic nitrogens is 2. The number of rotatable bonds is 14. The molecule has 0 bridgehead atoms. The van der Waals surface area contributed by atoms with Crippen molar-refractivity contribution in [3.63, 3.8) is 0 Å². The number of carboxylic acids is 1. The number of carboxylic acid groups (broad SMARTS) is 1. The molecule has 1 aliphatic rings. The van der Waals surface area contributed by atoms with Gasteiger partial charge in [-0.3, -0.25) is 0 Å². The van der Waals surface area contributed by atoms with Crippen molar-refractivity contribution in [2.24, 2.45) is 0 Å². The number of ether oxygens (including phenoxy) is 2. The van der Waals surface area contributed by atoms with Crippen molar-refractivity contribution in [1.82, 2.24) is 14.3 Å². The molecule has 4 aromatic carbocycles. The van der Waals surface area contributed by atoms with Gasteiger partial charge >= 0.3 is 5.97 Å². The average Bonchev–Trinajstić information content (AvgIpc) is 3.47. The highest BCUT2D eigenvalue weighted by Crippen LogP contribution is 2.38. The number of halogens is 1. The molecule has 53 heavy (non-hydrogen) atoms. The van der Waals surface area contributed by atoms with E-state index in [9.17, 15) is 18.3 Å². The van der Waals surface area contributed by atoms with Crippen LogP contribution in [0.4, 0.5) is 5.82 Å². The molecule has 2 N–H and O–H groups in total. The molecule has 0 saturated carbocycles. The van der Waals surface area contributed by atoms with Gasteiger partial charge in [0.15, 0.2) is 0 Å². The van der Waals surface area contributed by atoms with E-state index >= 15 is 0 Å². The standard InChI is InChI=1S/C41H39ClN4O6S/c42-32-13-17-37-36(27-32)35(20-24-52-33-14-11-31(12-15-33)41(47)48)38(46(37)40(29-7-3-1-4-8-29)30-9-5-2-6-10-30)19-21-44-53(49,50)34-16-18-39(43-28-34)45-22-25-51-26-23-45/h1-18,27-28,40,44H,19-26H2,(H,47,48). The number of hydrogen-bond acceptors (Lipinski definition) is 7. The lowest BCUT2D eigenvalue weighted by atomic mass is 9.97. The van der Waals surface area contributed by atoms with E-state index < -0.39 is 16.0 Å². The molecule has 1 aliphatic heterocycles. The van der Waals surface area contributed by atoms with Crippen LogP contribution in [0.3, 0.4) is 0 Å². The van der Waals surface area contributed by atoms with Crippen molar-refractivity contribution < 1.29 is 27.8 Å². The van der Waals surface area contributed by atoms with Crippen LogP contribution < -0.4 is 14.4 Å². The van der Waals surface area contributed by atoms with Gasteiger partial charge in [0.1, 0.15) is 16.5 Å². The fourth-order valence-corrected chi connectivity index (χ4v) is 8.02. The number of nitrogens with zero attached hydrogens (tertiary/aromatic N) is 3. The number of aromatic carboxylic acids is 1. The minimum absolute atomic E-state index is 0.0934. The zero-order chi connectivity index (χ0) is 36.8. The third-order valence-electron chi connectivity index (χ3n) is 9.41. The monoisotopic (exact) mass is 750 g/mol. The second-order valence-electron chi connectivity index (χ2n) is 12.7. The maximum atomic E-state index is 13.6. The lowest BCUT2D eigenvalue weighted by Crippen LogP contribution is -2.36. The number of fused-ring (bicyclic) bond motifs is 1. The molecular formula is C41H39ClN4O6S. The van der Waals surface area contributed by atoms with Crippen molar-refractivity contribution in [1.29, 1.82) is 0 Å². The Hall–Kier alpha value is -5.20. The van der Waals surface area contributed by atoms with Crippen LogP contribution >= 0.6 is 11.6 Å². The Kier molecular flexibility index (Phi) is 11.1. The van der Waals surface area contributed by atoms with E-state index in [1.165, 1.54) is 18.3 Å². The van der Waals surface area contributed by atoms with Gasteiger partial charge in [0.25, 0.3) is 0 Å². The van der Waals surface area contributed by atoms with Crippen molar-refractivity contribution in [2.75, 3.05) is 44.4 Å². The summed E-state index contributed by atoms with van der Waals surface area (Å²) in [5, 5.41) is 10.8. The number of anilines is 1. The number of carbonyl (C=O) groups is 1. The molecule has 0 spiro atoms. The lowest BCUT2D eigenvalue weighted by molar-refractivity contribution is 0.0696. The third-order valence-corrected chi connectivity index (χ3v) is 11.1. The van der Waals surface area contributed by atoms with Gasteiger partial charge in [-0.25, -0.2) is 22.9 Å². The third kappa shape index (κ3) is 8.23. The molecule has 7 rings (SSSR count). The fraction of sp³-hybridized carbons (Fsp3) is 0.220. The van der Waals surface area contributed by atoms with Crippen LogP contribution in [0.25, 0.3) is 10.9 Å². The zero-order valence-corrected chi connectivity index (χ0v) is 30.5. The highest BCUT2D eigenvalue weighted by molar-refractivity contribution is 7.89. The molecule has 272 valence electrons. The number of pyridine rings is 1. The maximum absolute atomic E-state index is 13.6. The molecular weight excluding hydrogens is 712 g/mol. The fourth-order valence-electron chi connectivity index (χ4n) is 6.88. The van der Waals surface area contributed by atoms with Gasteiger partial charge < -0.3 is 24.0 Å². The predicted molar refractivity (Wildman–Crippen MR) is 206 cm³/mol. The predicted octanol–water partition coefficient (Wildman–Crippen LogP) is 7.00. The van der Waals surface area contributed by atoms with E-state index in [2.05, 4.69) is 43.4 Å². The SMILES string of the molecule is O=C(O)c1ccc(OCCc2c(CCNS(=O)(=O)c3ccc(N4CCOCC4)nc3)n(C(c3ccccc3)c3ccccc3)c3ccc(Cl)cc23)cc1. The molecule has 0 aliphatic carbocycles. The smallest absolute Gasteiger partial charge is 0.335 e. The van der Waals surface area contributed by atoms with E-state index in [1.54, 1.807) is 24.3 Å². The Morgan fingerprint density at radius 1 is 0.887 bits per heavy atom. The number of benzene rings is 4. The second kappa shape index (κ2) is 16.2. The lowest BCUT2D eigenvalue weighted by Gasteiger charge is -2.27. The van der Waals surface area contributed by atoms with Crippen LogP contribution in [-0.2, 0) is 27.6 Å². The Labute approximate surface area is 313 Å². The van der Waals surface area contributed by atoms with Gasteiger partial charge in [0.05, 0.1) is 31.4 Å². The number of morpholine rings is 1. The first-order valence-electron chi connectivity index (χ1n) is 17.4. The molecule has 10 nitrogen and oxygen atoms in total. The van der Waals surface area contributed by atoms with Gasteiger partial charge in [-0.15, -0.1) is 0 Å². The van der Waals surface area contributed by atoms with Crippen molar-refractivity contribution in [2.45, 2.75) is 23.8 Å². The van der Waals surface area contributed by atoms with Crippen LogP contribution in [0.1, 0.15) is 38.8 Å². The summed E-state index contributed by atoms with van der Waals surface area (Å²) < 4.78 is 43.9. The van der Waals surface area contributed by atoms with Crippen LogP contribution in [0, 0.1) is 0 Å². The largest absolute Gasteiger partial charge is 0.493 e. The molecule has 0 amide bonds. The number of nitrogens with one attached hydrogen (secondary N) is 1. The first kappa shape index (κ1) is 36.2. The Morgan fingerprint density at radius 3 is 2.19 bits per heavy atom.